The predicted octanol–water partition coefficient (Wildman–Crippen LogP) is 2.34. The molecule has 0 aromatic carbocycles. The number of hydrogen-bond acceptors (Lipinski definition) is 5. The summed E-state index contributed by atoms with van der Waals surface area (Å²) in [5.74, 6) is -0.483. The molecule has 0 radical (unpaired) electrons. The van der Waals surface area contributed by atoms with E-state index in [1.165, 1.54) is 25.8 Å². The Kier molecular flexibility index (Phi) is 5.56. The normalized spacial score (nSPS) is 11.0. The summed E-state index contributed by atoms with van der Waals surface area (Å²) in [4.78, 5) is 23.9. The van der Waals surface area contributed by atoms with Crippen molar-refractivity contribution in [1.29, 1.82) is 0 Å². The van der Waals surface area contributed by atoms with E-state index in [0.29, 0.717) is 11.3 Å². The summed E-state index contributed by atoms with van der Waals surface area (Å²) in [6, 6.07) is 1.49. The van der Waals surface area contributed by atoms with Crippen molar-refractivity contribution in [2.45, 2.75) is 6.54 Å². The molecule has 0 aliphatic heterocycles. The van der Waals surface area contributed by atoms with E-state index >= 15 is 0 Å². The topological polar surface area (TPSA) is 81.9 Å². The molecule has 0 bridgehead atoms. The Morgan fingerprint density at radius 3 is 2.88 bits per heavy atom. The van der Waals surface area contributed by atoms with Gasteiger partial charge in [-0.05, 0) is 6.08 Å². The summed E-state index contributed by atoms with van der Waals surface area (Å²) in [5, 5.41) is 2.63. The van der Waals surface area contributed by atoms with Gasteiger partial charge in [0.2, 0.25) is 5.91 Å². The molecule has 0 fully saturated rings. The highest BCUT2D eigenvalue weighted by atomic mass is 19.1. The number of allylic oxidation sites excluding steroid dienone is 3. The molecule has 2 aromatic heterocycles. The number of nitrogens with zero attached hydrogens (tertiary/aromatic N) is 4. The molecule has 24 heavy (non-hydrogen) atoms. The number of carbonyl (C=O) groups is 1. The van der Waals surface area contributed by atoms with Crippen LogP contribution in [0.5, 0.6) is 0 Å². The smallest absolute Gasteiger partial charge is 0.245 e. The number of anilines is 1. The van der Waals surface area contributed by atoms with Crippen molar-refractivity contribution in [2.75, 3.05) is 12.4 Å². The molecule has 0 spiro atoms. The molecular formula is C16H16FN5O2. The number of imidazole rings is 1. The maximum Gasteiger partial charge on any atom is 0.245 e. The first-order valence-corrected chi connectivity index (χ1v) is 6.87. The number of aromatic nitrogens is 4. The minimum Gasteiger partial charge on any atom is -0.497 e. The number of nitrogens with one attached hydrogen (secondary N) is 1. The van der Waals surface area contributed by atoms with Crippen LogP contribution >= 0.6 is 0 Å². The van der Waals surface area contributed by atoms with Gasteiger partial charge < -0.3 is 14.6 Å². The number of carbonyl (C=O) groups excluding carboxylic acids is 1. The largest absolute Gasteiger partial charge is 0.497 e. The fourth-order valence-electron chi connectivity index (χ4n) is 1.87. The second-order valence-electron chi connectivity index (χ2n) is 4.70. The van der Waals surface area contributed by atoms with E-state index in [2.05, 4.69) is 33.4 Å². The van der Waals surface area contributed by atoms with Gasteiger partial charge in [0, 0.05) is 24.0 Å². The van der Waals surface area contributed by atoms with Crippen molar-refractivity contribution in [3.05, 3.63) is 67.6 Å². The van der Waals surface area contributed by atoms with E-state index in [1.54, 1.807) is 17.0 Å². The molecule has 0 saturated carbocycles. The van der Waals surface area contributed by atoms with Crippen LogP contribution in [0.25, 0.3) is 5.57 Å². The van der Waals surface area contributed by atoms with Crippen molar-refractivity contribution in [3.63, 3.8) is 0 Å². The zero-order chi connectivity index (χ0) is 17.5. The van der Waals surface area contributed by atoms with Crippen LogP contribution in [-0.4, -0.2) is 32.5 Å². The molecule has 0 atom stereocenters. The third-order valence-electron chi connectivity index (χ3n) is 2.94. The van der Waals surface area contributed by atoms with Crippen LogP contribution < -0.4 is 5.32 Å². The number of rotatable bonds is 7. The standard InChI is InChI=1S/C16H16FN5O2/c1-11(17)6-13(12(2)24-3)14-7-15(20-9-19-14)21-16(23)8-22-5-4-18-10-22/h4-7,9-10H,1-2,8H2,3H3,(H,19,20,21,23)/b13-6+. The SMILES string of the molecule is C=C(F)/C=C(\C(=C)OC)c1cc(NC(=O)Cn2ccnc2)ncn1. The van der Waals surface area contributed by atoms with Gasteiger partial charge in [0.05, 0.1) is 19.1 Å². The summed E-state index contributed by atoms with van der Waals surface area (Å²) in [5.41, 5.74) is 0.645. The van der Waals surface area contributed by atoms with E-state index in [4.69, 9.17) is 4.74 Å². The van der Waals surface area contributed by atoms with Crippen LogP contribution in [0.2, 0.25) is 0 Å². The van der Waals surface area contributed by atoms with Gasteiger partial charge in [-0.25, -0.2) is 19.3 Å². The summed E-state index contributed by atoms with van der Waals surface area (Å²) < 4.78 is 19.8. The van der Waals surface area contributed by atoms with Gasteiger partial charge in [-0.2, -0.15) is 0 Å². The fraction of sp³-hybridized carbons (Fsp3) is 0.125. The first kappa shape index (κ1) is 17.1. The highest BCUT2D eigenvalue weighted by molar-refractivity contribution is 5.90. The van der Waals surface area contributed by atoms with Gasteiger partial charge >= 0.3 is 0 Å². The lowest BCUT2D eigenvalue weighted by atomic mass is 10.1. The van der Waals surface area contributed by atoms with E-state index < -0.39 is 5.83 Å². The first-order valence-electron chi connectivity index (χ1n) is 6.87. The highest BCUT2D eigenvalue weighted by Crippen LogP contribution is 2.23. The molecule has 0 saturated heterocycles. The molecule has 0 aliphatic rings. The lowest BCUT2D eigenvalue weighted by Gasteiger charge is -2.10. The minimum absolute atomic E-state index is 0.0914. The number of ether oxygens (including phenoxy) is 1. The Hall–Kier alpha value is -3.29. The molecule has 124 valence electrons. The Bertz CT molecular complexity index is 784. The zero-order valence-corrected chi connectivity index (χ0v) is 13.1. The van der Waals surface area contributed by atoms with Crippen LogP contribution in [0, 0.1) is 0 Å². The summed E-state index contributed by atoms with van der Waals surface area (Å²) >= 11 is 0. The maximum atomic E-state index is 13.2. The van der Waals surface area contributed by atoms with Crippen LogP contribution in [0.1, 0.15) is 5.69 Å². The van der Waals surface area contributed by atoms with Gasteiger partial charge in [0.1, 0.15) is 30.3 Å². The van der Waals surface area contributed by atoms with Crippen LogP contribution in [0.15, 0.2) is 61.9 Å². The molecule has 2 rings (SSSR count). The fourth-order valence-corrected chi connectivity index (χ4v) is 1.87. The van der Waals surface area contributed by atoms with Crippen LogP contribution in [0.4, 0.5) is 10.2 Å². The van der Waals surface area contributed by atoms with Crippen LogP contribution in [-0.2, 0) is 16.1 Å². The van der Waals surface area contributed by atoms with E-state index in [0.717, 1.165) is 6.08 Å². The average Bonchev–Trinajstić information content (AvgIpc) is 3.04. The van der Waals surface area contributed by atoms with Gasteiger partial charge in [0.15, 0.2) is 0 Å². The predicted molar refractivity (Wildman–Crippen MR) is 87.3 cm³/mol. The zero-order valence-electron chi connectivity index (χ0n) is 13.1. The molecule has 8 heteroatoms. The lowest BCUT2D eigenvalue weighted by Crippen LogP contribution is -2.18. The third-order valence-corrected chi connectivity index (χ3v) is 2.94. The molecule has 1 N–H and O–H groups in total. The number of hydrogen-bond donors (Lipinski definition) is 1. The quantitative estimate of drug-likeness (QED) is 0.623. The van der Waals surface area contributed by atoms with E-state index in [9.17, 15) is 9.18 Å². The van der Waals surface area contributed by atoms with Gasteiger partial charge in [-0.15, -0.1) is 0 Å². The van der Waals surface area contributed by atoms with Crippen molar-refractivity contribution in [1.82, 2.24) is 19.5 Å². The molecular weight excluding hydrogens is 313 g/mol. The molecule has 2 aromatic rings. The van der Waals surface area contributed by atoms with Crippen molar-refractivity contribution < 1.29 is 13.9 Å². The Morgan fingerprint density at radius 2 is 2.25 bits per heavy atom. The number of halogens is 1. The highest BCUT2D eigenvalue weighted by Gasteiger charge is 2.12. The molecule has 0 aliphatic carbocycles. The van der Waals surface area contributed by atoms with Gasteiger partial charge in [0.25, 0.3) is 0 Å². The second kappa shape index (κ2) is 7.82. The maximum absolute atomic E-state index is 13.2. The third kappa shape index (κ3) is 4.60. The Morgan fingerprint density at radius 1 is 1.46 bits per heavy atom. The summed E-state index contributed by atoms with van der Waals surface area (Å²) in [6.07, 6.45) is 7.17. The summed E-state index contributed by atoms with van der Waals surface area (Å²) in [7, 11) is 1.41. The van der Waals surface area contributed by atoms with Crippen molar-refractivity contribution >= 4 is 17.3 Å². The Balaban J connectivity index is 2.19. The number of methoxy groups -OCH3 is 1. The van der Waals surface area contributed by atoms with Crippen LogP contribution in [0.3, 0.4) is 0 Å². The lowest BCUT2D eigenvalue weighted by molar-refractivity contribution is -0.116. The molecule has 0 unspecified atom stereocenters. The van der Waals surface area contributed by atoms with E-state index in [1.807, 2.05) is 0 Å². The first-order chi connectivity index (χ1) is 11.5. The molecule has 1 amide bonds. The Labute approximate surface area is 138 Å². The van der Waals surface area contributed by atoms with E-state index in [-0.39, 0.29) is 24.0 Å². The van der Waals surface area contributed by atoms with Gasteiger partial charge in [-0.3, -0.25) is 4.79 Å². The average molecular weight is 329 g/mol. The van der Waals surface area contributed by atoms with Crippen molar-refractivity contribution in [3.8, 4) is 0 Å². The monoisotopic (exact) mass is 329 g/mol. The van der Waals surface area contributed by atoms with Crippen molar-refractivity contribution in [2.24, 2.45) is 0 Å². The number of amides is 1. The minimum atomic E-state index is -0.674. The second-order valence-corrected chi connectivity index (χ2v) is 4.70. The summed E-state index contributed by atoms with van der Waals surface area (Å²) in [6.45, 7) is 6.97. The molecule has 7 nitrogen and oxygen atoms in total. The van der Waals surface area contributed by atoms with Gasteiger partial charge in [-0.1, -0.05) is 13.2 Å². The molecule has 2 heterocycles.